The Balaban J connectivity index is 2.67. The molecule has 0 unspecified atom stereocenters. The molecule has 3 aromatic carbocycles. The van der Waals surface area contributed by atoms with E-state index in [4.69, 9.17) is 7.85 Å². The highest BCUT2D eigenvalue weighted by atomic mass is 14.1. The van der Waals surface area contributed by atoms with Crippen LogP contribution < -0.4 is 5.46 Å². The van der Waals surface area contributed by atoms with Crippen LogP contribution in [0.5, 0.6) is 0 Å². The van der Waals surface area contributed by atoms with Crippen LogP contribution in [0.25, 0.3) is 21.5 Å². The van der Waals surface area contributed by atoms with Crippen LogP contribution in [0.1, 0.15) is 5.56 Å². The molecule has 0 amide bonds. The highest BCUT2D eigenvalue weighted by Gasteiger charge is 2.06. The fourth-order valence-corrected chi connectivity index (χ4v) is 2.38. The Labute approximate surface area is 96.3 Å². The third-order valence-corrected chi connectivity index (χ3v) is 3.24. The van der Waals surface area contributed by atoms with Crippen LogP contribution in [0.4, 0.5) is 0 Å². The summed E-state index contributed by atoms with van der Waals surface area (Å²) in [5.74, 6) is 0. The lowest BCUT2D eigenvalue weighted by molar-refractivity contribution is 1.59. The second-order valence-electron chi connectivity index (χ2n) is 4.13. The Hall–Kier alpha value is -1.76. The van der Waals surface area contributed by atoms with E-state index in [-0.39, 0.29) is 0 Å². The van der Waals surface area contributed by atoms with E-state index in [9.17, 15) is 0 Å². The van der Waals surface area contributed by atoms with Gasteiger partial charge in [0.25, 0.3) is 0 Å². The minimum atomic E-state index is 0.886. The summed E-state index contributed by atoms with van der Waals surface area (Å²) in [5.41, 5.74) is 2.19. The molecule has 0 aromatic heterocycles. The average Bonchev–Trinajstić information content (AvgIpc) is 2.36. The van der Waals surface area contributed by atoms with E-state index in [2.05, 4.69) is 43.3 Å². The highest BCUT2D eigenvalue weighted by Crippen LogP contribution is 2.25. The Morgan fingerprint density at radius 1 is 0.688 bits per heavy atom. The van der Waals surface area contributed by atoms with Gasteiger partial charge >= 0.3 is 0 Å². The minimum Gasteiger partial charge on any atom is -0.0813 e. The van der Waals surface area contributed by atoms with Gasteiger partial charge in [0.15, 0.2) is 0 Å². The van der Waals surface area contributed by atoms with Crippen molar-refractivity contribution in [1.82, 2.24) is 0 Å². The molecule has 0 saturated heterocycles. The number of aryl methyl sites for hydroxylation is 1. The normalized spacial score (nSPS) is 11.1. The van der Waals surface area contributed by atoms with Crippen molar-refractivity contribution < 1.29 is 0 Å². The molecular formula is C15H11B. The van der Waals surface area contributed by atoms with Crippen LogP contribution in [0.3, 0.4) is 0 Å². The summed E-state index contributed by atoms with van der Waals surface area (Å²) in [6.45, 7) is 2.16. The largest absolute Gasteiger partial charge is 0.115 e. The smallest absolute Gasteiger partial charge is 0.0813 e. The molecule has 0 fully saturated rings. The third-order valence-electron chi connectivity index (χ3n) is 3.24. The summed E-state index contributed by atoms with van der Waals surface area (Å²) < 4.78 is 0. The lowest BCUT2D eigenvalue weighted by Crippen LogP contribution is -2.07. The molecule has 0 aliphatic heterocycles. The van der Waals surface area contributed by atoms with E-state index in [0.717, 1.165) is 16.2 Å². The Kier molecular flexibility index (Phi) is 2.00. The Morgan fingerprint density at radius 2 is 1.06 bits per heavy atom. The quantitative estimate of drug-likeness (QED) is 0.388. The van der Waals surface area contributed by atoms with E-state index < -0.39 is 0 Å². The molecule has 0 atom stereocenters. The second-order valence-corrected chi connectivity index (χ2v) is 4.13. The van der Waals surface area contributed by atoms with Gasteiger partial charge in [0.05, 0.1) is 0 Å². The lowest BCUT2D eigenvalue weighted by atomic mass is 9.83. The predicted molar refractivity (Wildman–Crippen MR) is 71.6 cm³/mol. The van der Waals surface area contributed by atoms with Crippen molar-refractivity contribution in [3.63, 3.8) is 0 Å². The van der Waals surface area contributed by atoms with Crippen molar-refractivity contribution >= 4 is 34.9 Å². The van der Waals surface area contributed by atoms with Crippen LogP contribution in [-0.4, -0.2) is 7.85 Å². The van der Waals surface area contributed by atoms with E-state index in [1.54, 1.807) is 0 Å². The third kappa shape index (κ3) is 1.18. The standard InChI is InChI=1S/C15H11B/c1-10-11-6-2-4-8-13(11)15(16)14-9-5-3-7-12(10)14/h2-9H,1H3. The van der Waals surface area contributed by atoms with Crippen molar-refractivity contribution in [2.45, 2.75) is 6.92 Å². The number of hydrogen-bond acceptors (Lipinski definition) is 0. The number of benzene rings is 3. The maximum atomic E-state index is 6.22. The summed E-state index contributed by atoms with van der Waals surface area (Å²) in [6.07, 6.45) is 0. The van der Waals surface area contributed by atoms with Gasteiger partial charge in [-0.05, 0) is 34.0 Å². The summed E-state index contributed by atoms with van der Waals surface area (Å²) in [5, 5.41) is 4.80. The van der Waals surface area contributed by atoms with Gasteiger partial charge in [-0.3, -0.25) is 0 Å². The molecule has 0 saturated carbocycles. The Morgan fingerprint density at radius 3 is 1.50 bits per heavy atom. The summed E-state index contributed by atoms with van der Waals surface area (Å²) >= 11 is 0. The number of hydrogen-bond donors (Lipinski definition) is 0. The second kappa shape index (κ2) is 3.38. The fourth-order valence-electron chi connectivity index (χ4n) is 2.38. The predicted octanol–water partition coefficient (Wildman–Crippen LogP) is 3.10. The topological polar surface area (TPSA) is 0 Å². The lowest BCUT2D eigenvalue weighted by Gasteiger charge is -2.11. The first-order valence-corrected chi connectivity index (χ1v) is 5.44. The van der Waals surface area contributed by atoms with Gasteiger partial charge in [-0.25, -0.2) is 0 Å². The van der Waals surface area contributed by atoms with Gasteiger partial charge in [-0.1, -0.05) is 54.0 Å². The van der Waals surface area contributed by atoms with Gasteiger partial charge in [0.2, 0.25) is 0 Å². The van der Waals surface area contributed by atoms with Gasteiger partial charge in [-0.2, -0.15) is 0 Å². The monoisotopic (exact) mass is 202 g/mol. The summed E-state index contributed by atoms with van der Waals surface area (Å²) in [6, 6.07) is 16.6. The van der Waals surface area contributed by atoms with E-state index in [1.165, 1.54) is 16.3 Å². The molecule has 0 N–H and O–H groups in total. The van der Waals surface area contributed by atoms with Crippen molar-refractivity contribution in [3.05, 3.63) is 54.1 Å². The molecule has 16 heavy (non-hydrogen) atoms. The fraction of sp³-hybridized carbons (Fsp3) is 0.0667. The van der Waals surface area contributed by atoms with Crippen LogP contribution in [0, 0.1) is 6.92 Å². The summed E-state index contributed by atoms with van der Waals surface area (Å²) in [4.78, 5) is 0. The maximum Gasteiger partial charge on any atom is 0.115 e. The molecule has 0 aliphatic rings. The van der Waals surface area contributed by atoms with Crippen LogP contribution in [0.2, 0.25) is 0 Å². The first kappa shape index (κ1) is 9.47. The van der Waals surface area contributed by atoms with Gasteiger partial charge in [-0.15, -0.1) is 0 Å². The zero-order valence-electron chi connectivity index (χ0n) is 9.20. The zero-order valence-corrected chi connectivity index (χ0v) is 9.20. The molecule has 3 aromatic rings. The van der Waals surface area contributed by atoms with E-state index >= 15 is 0 Å². The zero-order chi connectivity index (χ0) is 11.1. The van der Waals surface area contributed by atoms with E-state index in [1.807, 2.05) is 12.1 Å². The minimum absolute atomic E-state index is 0.886. The van der Waals surface area contributed by atoms with E-state index in [0.29, 0.717) is 0 Å². The van der Waals surface area contributed by atoms with Crippen LogP contribution in [0.15, 0.2) is 48.5 Å². The van der Waals surface area contributed by atoms with Crippen LogP contribution in [-0.2, 0) is 0 Å². The maximum absolute atomic E-state index is 6.22. The molecule has 0 heterocycles. The number of fused-ring (bicyclic) bond motifs is 2. The summed E-state index contributed by atoms with van der Waals surface area (Å²) in [7, 11) is 6.22. The van der Waals surface area contributed by atoms with Gasteiger partial charge in [0.1, 0.15) is 7.85 Å². The molecule has 3 rings (SSSR count). The molecule has 2 radical (unpaired) electrons. The van der Waals surface area contributed by atoms with Crippen molar-refractivity contribution in [3.8, 4) is 0 Å². The highest BCUT2D eigenvalue weighted by molar-refractivity contribution is 6.45. The molecule has 74 valence electrons. The number of rotatable bonds is 0. The molecule has 0 nitrogen and oxygen atoms in total. The molecule has 0 bridgehead atoms. The van der Waals surface area contributed by atoms with Crippen molar-refractivity contribution in [2.24, 2.45) is 0 Å². The first-order valence-electron chi connectivity index (χ1n) is 5.44. The first-order chi connectivity index (χ1) is 7.79. The molecule has 0 spiro atoms. The van der Waals surface area contributed by atoms with Crippen molar-refractivity contribution in [2.75, 3.05) is 0 Å². The SMILES string of the molecule is [B]c1c2ccccc2c(C)c2ccccc12. The van der Waals surface area contributed by atoms with Crippen LogP contribution >= 0.6 is 0 Å². The molecule has 0 aliphatic carbocycles. The van der Waals surface area contributed by atoms with Crippen molar-refractivity contribution in [1.29, 1.82) is 0 Å². The molecular weight excluding hydrogens is 191 g/mol. The average molecular weight is 202 g/mol. The van der Waals surface area contributed by atoms with Gasteiger partial charge < -0.3 is 0 Å². The Bertz CT molecular complexity index is 566. The van der Waals surface area contributed by atoms with Gasteiger partial charge in [0, 0.05) is 0 Å². The molecule has 1 heteroatoms.